The summed E-state index contributed by atoms with van der Waals surface area (Å²) >= 11 is 12.4. The van der Waals surface area contributed by atoms with Crippen molar-refractivity contribution >= 4 is 40.1 Å². The third-order valence-electron chi connectivity index (χ3n) is 5.35. The summed E-state index contributed by atoms with van der Waals surface area (Å²) in [6, 6.07) is 15.6. The molecular weight excluding hydrogens is 395 g/mol. The SMILES string of the molecule is O=C(O)C1CCCN(C(c2ccc(Cl)c(Cl)c2)c2cnc3ccccc3c2)C1. The predicted octanol–water partition coefficient (Wildman–Crippen LogP) is 5.43. The minimum absolute atomic E-state index is 0.131. The van der Waals surface area contributed by atoms with Gasteiger partial charge in [-0.05, 0) is 54.8 Å². The quantitative estimate of drug-likeness (QED) is 0.618. The van der Waals surface area contributed by atoms with Crippen LogP contribution in [0, 0.1) is 5.92 Å². The number of hydrogen-bond donors (Lipinski definition) is 1. The molecule has 4 nitrogen and oxygen atoms in total. The maximum absolute atomic E-state index is 11.6. The van der Waals surface area contributed by atoms with Crippen molar-refractivity contribution in [2.75, 3.05) is 13.1 Å². The van der Waals surface area contributed by atoms with Crippen LogP contribution in [0.25, 0.3) is 10.9 Å². The molecule has 2 aromatic carbocycles. The number of piperidine rings is 1. The molecule has 0 bridgehead atoms. The van der Waals surface area contributed by atoms with Crippen LogP contribution in [0.5, 0.6) is 0 Å². The number of aliphatic carboxylic acids is 1. The van der Waals surface area contributed by atoms with Gasteiger partial charge in [-0.25, -0.2) is 0 Å². The fraction of sp³-hybridized carbons (Fsp3) is 0.273. The Bertz CT molecular complexity index is 1020. The zero-order valence-corrected chi connectivity index (χ0v) is 16.7. The molecule has 1 aliphatic heterocycles. The number of benzene rings is 2. The predicted molar refractivity (Wildman–Crippen MR) is 112 cm³/mol. The molecule has 2 unspecified atom stereocenters. The number of pyridine rings is 1. The van der Waals surface area contributed by atoms with E-state index < -0.39 is 5.97 Å². The third kappa shape index (κ3) is 3.86. The van der Waals surface area contributed by atoms with Gasteiger partial charge in [-0.1, -0.05) is 47.5 Å². The standard InChI is InChI=1S/C22H20Cl2N2O2/c23-18-8-7-15(11-19(18)24)21(26-9-3-5-16(13-26)22(27)28)17-10-14-4-1-2-6-20(14)25-12-17/h1-2,4,6-8,10-12,16,21H,3,5,9,13H2,(H,27,28). The van der Waals surface area contributed by atoms with Gasteiger partial charge in [0, 0.05) is 18.1 Å². The van der Waals surface area contributed by atoms with E-state index in [0.29, 0.717) is 23.0 Å². The molecule has 144 valence electrons. The lowest BCUT2D eigenvalue weighted by Gasteiger charge is -2.37. The monoisotopic (exact) mass is 414 g/mol. The van der Waals surface area contributed by atoms with Gasteiger partial charge >= 0.3 is 5.97 Å². The molecule has 28 heavy (non-hydrogen) atoms. The first-order valence-corrected chi connectivity index (χ1v) is 10.0. The van der Waals surface area contributed by atoms with Gasteiger partial charge in [0.15, 0.2) is 0 Å². The number of aromatic nitrogens is 1. The van der Waals surface area contributed by atoms with Crippen molar-refractivity contribution in [2.45, 2.75) is 18.9 Å². The van der Waals surface area contributed by atoms with Crippen LogP contribution in [0.1, 0.15) is 30.0 Å². The molecule has 1 fully saturated rings. The van der Waals surface area contributed by atoms with Crippen LogP contribution in [0.15, 0.2) is 54.7 Å². The lowest BCUT2D eigenvalue weighted by atomic mass is 9.91. The van der Waals surface area contributed by atoms with Crippen LogP contribution >= 0.6 is 23.2 Å². The maximum Gasteiger partial charge on any atom is 0.307 e. The average molecular weight is 415 g/mol. The molecule has 1 aliphatic rings. The van der Waals surface area contributed by atoms with E-state index in [0.717, 1.165) is 35.0 Å². The summed E-state index contributed by atoms with van der Waals surface area (Å²) in [6.07, 6.45) is 3.42. The molecule has 0 spiro atoms. The van der Waals surface area contributed by atoms with E-state index in [-0.39, 0.29) is 12.0 Å². The normalized spacial score (nSPS) is 18.9. The number of carbonyl (C=O) groups is 1. The minimum atomic E-state index is -0.741. The summed E-state index contributed by atoms with van der Waals surface area (Å²) in [5.74, 6) is -1.11. The lowest BCUT2D eigenvalue weighted by molar-refractivity contribution is -0.143. The second-order valence-electron chi connectivity index (χ2n) is 7.21. The van der Waals surface area contributed by atoms with Gasteiger partial charge in [0.05, 0.1) is 27.5 Å². The second-order valence-corrected chi connectivity index (χ2v) is 8.02. The van der Waals surface area contributed by atoms with Crippen molar-refractivity contribution in [1.82, 2.24) is 9.88 Å². The number of halogens is 2. The Morgan fingerprint density at radius 3 is 2.71 bits per heavy atom. The molecule has 2 atom stereocenters. The molecular formula is C22H20Cl2N2O2. The molecule has 0 aliphatic carbocycles. The third-order valence-corrected chi connectivity index (χ3v) is 6.09. The van der Waals surface area contributed by atoms with Crippen LogP contribution in [-0.2, 0) is 4.79 Å². The summed E-state index contributed by atoms with van der Waals surface area (Å²) < 4.78 is 0. The Balaban J connectivity index is 1.80. The number of carboxylic acid groups (broad SMARTS) is 1. The van der Waals surface area contributed by atoms with E-state index in [9.17, 15) is 9.90 Å². The molecule has 1 N–H and O–H groups in total. The van der Waals surface area contributed by atoms with E-state index >= 15 is 0 Å². The van der Waals surface area contributed by atoms with Crippen molar-refractivity contribution in [3.63, 3.8) is 0 Å². The van der Waals surface area contributed by atoms with E-state index in [4.69, 9.17) is 23.2 Å². The Labute approximate surface area is 173 Å². The Hall–Kier alpha value is -2.14. The Morgan fingerprint density at radius 1 is 1.11 bits per heavy atom. The molecule has 1 saturated heterocycles. The summed E-state index contributed by atoms with van der Waals surface area (Å²) in [6.45, 7) is 1.31. The van der Waals surface area contributed by atoms with Crippen LogP contribution in [-0.4, -0.2) is 34.0 Å². The highest BCUT2D eigenvalue weighted by Crippen LogP contribution is 2.36. The van der Waals surface area contributed by atoms with Crippen molar-refractivity contribution in [3.05, 3.63) is 75.9 Å². The molecule has 2 heterocycles. The number of fused-ring (bicyclic) bond motifs is 1. The molecule has 4 rings (SSSR count). The van der Waals surface area contributed by atoms with Crippen LogP contribution in [0.2, 0.25) is 10.0 Å². The van der Waals surface area contributed by atoms with Gasteiger partial charge in [-0.3, -0.25) is 14.7 Å². The maximum atomic E-state index is 11.6. The van der Waals surface area contributed by atoms with Crippen molar-refractivity contribution < 1.29 is 9.90 Å². The van der Waals surface area contributed by atoms with Crippen LogP contribution in [0.4, 0.5) is 0 Å². The van der Waals surface area contributed by atoms with Crippen LogP contribution in [0.3, 0.4) is 0 Å². The van der Waals surface area contributed by atoms with Crippen molar-refractivity contribution in [1.29, 1.82) is 0 Å². The largest absolute Gasteiger partial charge is 0.481 e. The number of para-hydroxylation sites is 1. The zero-order chi connectivity index (χ0) is 19.7. The fourth-order valence-electron chi connectivity index (χ4n) is 3.98. The topological polar surface area (TPSA) is 53.4 Å². The fourth-order valence-corrected chi connectivity index (χ4v) is 4.28. The van der Waals surface area contributed by atoms with Gasteiger partial charge in [-0.2, -0.15) is 0 Å². The molecule has 0 amide bonds. The van der Waals surface area contributed by atoms with E-state index in [1.54, 1.807) is 6.07 Å². The summed E-state index contributed by atoms with van der Waals surface area (Å²) in [5.41, 5.74) is 2.93. The number of nitrogens with zero attached hydrogens (tertiary/aromatic N) is 2. The van der Waals surface area contributed by atoms with Gasteiger partial charge in [0.2, 0.25) is 0 Å². The highest BCUT2D eigenvalue weighted by molar-refractivity contribution is 6.42. The number of rotatable bonds is 4. The van der Waals surface area contributed by atoms with E-state index in [1.807, 2.05) is 42.6 Å². The first-order valence-electron chi connectivity index (χ1n) is 9.29. The van der Waals surface area contributed by atoms with Gasteiger partial charge in [-0.15, -0.1) is 0 Å². The number of likely N-dealkylation sites (tertiary alicyclic amines) is 1. The van der Waals surface area contributed by atoms with Crippen LogP contribution < -0.4 is 0 Å². The summed E-state index contributed by atoms with van der Waals surface area (Å²) in [4.78, 5) is 18.4. The van der Waals surface area contributed by atoms with E-state index in [2.05, 4.69) is 16.0 Å². The second kappa shape index (κ2) is 8.08. The number of hydrogen-bond acceptors (Lipinski definition) is 3. The molecule has 3 aromatic rings. The van der Waals surface area contributed by atoms with Gasteiger partial charge in [0.1, 0.15) is 0 Å². The Kier molecular flexibility index (Phi) is 5.54. The van der Waals surface area contributed by atoms with Gasteiger partial charge < -0.3 is 5.11 Å². The molecule has 0 radical (unpaired) electrons. The lowest BCUT2D eigenvalue weighted by Crippen LogP contribution is -2.41. The van der Waals surface area contributed by atoms with Crippen molar-refractivity contribution in [3.8, 4) is 0 Å². The van der Waals surface area contributed by atoms with Crippen molar-refractivity contribution in [2.24, 2.45) is 5.92 Å². The number of carboxylic acids is 1. The average Bonchev–Trinajstić information content (AvgIpc) is 2.71. The summed E-state index contributed by atoms with van der Waals surface area (Å²) in [7, 11) is 0. The summed E-state index contributed by atoms with van der Waals surface area (Å²) in [5, 5.41) is 11.6. The molecule has 0 saturated carbocycles. The van der Waals surface area contributed by atoms with E-state index in [1.165, 1.54) is 0 Å². The zero-order valence-electron chi connectivity index (χ0n) is 15.2. The molecule has 1 aromatic heterocycles. The Morgan fingerprint density at radius 2 is 1.93 bits per heavy atom. The molecule has 6 heteroatoms. The highest BCUT2D eigenvalue weighted by Gasteiger charge is 2.31. The van der Waals surface area contributed by atoms with Gasteiger partial charge in [0.25, 0.3) is 0 Å². The minimum Gasteiger partial charge on any atom is -0.481 e. The smallest absolute Gasteiger partial charge is 0.307 e. The first-order chi connectivity index (χ1) is 13.5. The first kappa shape index (κ1) is 19.2. The highest BCUT2D eigenvalue weighted by atomic mass is 35.5.